The third-order valence-electron chi connectivity index (χ3n) is 3.33. The first-order chi connectivity index (χ1) is 5.74. The van der Waals surface area contributed by atoms with Crippen LogP contribution in [0.3, 0.4) is 0 Å². The molecular formula is C11H20O. The van der Waals surface area contributed by atoms with Crippen LogP contribution >= 0.6 is 0 Å². The summed E-state index contributed by atoms with van der Waals surface area (Å²) in [7, 11) is 0. The molecule has 0 aromatic rings. The van der Waals surface area contributed by atoms with Gasteiger partial charge in [0.05, 0.1) is 0 Å². The molecule has 0 N–H and O–H groups in total. The Bertz CT molecular complexity index is 134. The highest BCUT2D eigenvalue weighted by Crippen LogP contribution is 2.33. The summed E-state index contributed by atoms with van der Waals surface area (Å²) in [6, 6.07) is 0. The van der Waals surface area contributed by atoms with Crippen molar-refractivity contribution in [2.45, 2.75) is 46.0 Å². The van der Waals surface area contributed by atoms with Crippen LogP contribution in [0.5, 0.6) is 0 Å². The lowest BCUT2D eigenvalue weighted by Gasteiger charge is -2.29. The molecule has 1 heteroatoms. The summed E-state index contributed by atoms with van der Waals surface area (Å²) >= 11 is 0. The van der Waals surface area contributed by atoms with Gasteiger partial charge in [-0.05, 0) is 30.6 Å². The minimum atomic E-state index is 0.620. The molecule has 0 spiro atoms. The molecular weight excluding hydrogens is 148 g/mol. The van der Waals surface area contributed by atoms with E-state index in [1.807, 2.05) is 0 Å². The van der Waals surface area contributed by atoms with Gasteiger partial charge in [-0.15, -0.1) is 0 Å². The summed E-state index contributed by atoms with van der Waals surface area (Å²) in [6.07, 6.45) is 7.26. The van der Waals surface area contributed by atoms with E-state index >= 15 is 0 Å². The molecule has 70 valence electrons. The molecule has 1 saturated carbocycles. The van der Waals surface area contributed by atoms with E-state index in [2.05, 4.69) is 13.8 Å². The number of hydrogen-bond donors (Lipinski definition) is 0. The fourth-order valence-corrected chi connectivity index (χ4v) is 2.20. The molecule has 1 rings (SSSR count). The van der Waals surface area contributed by atoms with Gasteiger partial charge in [0.15, 0.2) is 0 Å². The average Bonchev–Trinajstić information content (AvgIpc) is 2.06. The molecule has 0 radical (unpaired) electrons. The van der Waals surface area contributed by atoms with Gasteiger partial charge in [-0.25, -0.2) is 0 Å². The molecule has 1 nitrogen and oxygen atoms in total. The molecule has 0 bridgehead atoms. The van der Waals surface area contributed by atoms with E-state index in [1.54, 1.807) is 0 Å². The zero-order chi connectivity index (χ0) is 8.97. The Hall–Kier alpha value is -0.330. The van der Waals surface area contributed by atoms with Gasteiger partial charge >= 0.3 is 0 Å². The standard InChI is InChI=1S/C11H20O/c1-9-3-5-11(6-4-9)10(2)7-8-12/h8-11H,3-7H2,1-2H3. The molecule has 0 aromatic carbocycles. The second kappa shape index (κ2) is 4.64. The Morgan fingerprint density at radius 2 is 1.92 bits per heavy atom. The van der Waals surface area contributed by atoms with E-state index in [1.165, 1.54) is 25.7 Å². The lowest BCUT2D eigenvalue weighted by Crippen LogP contribution is -2.19. The lowest BCUT2D eigenvalue weighted by atomic mass is 9.76. The van der Waals surface area contributed by atoms with Crippen LogP contribution in [-0.4, -0.2) is 6.29 Å². The maximum Gasteiger partial charge on any atom is 0.120 e. The van der Waals surface area contributed by atoms with E-state index in [-0.39, 0.29) is 0 Å². The van der Waals surface area contributed by atoms with Crippen molar-refractivity contribution in [1.29, 1.82) is 0 Å². The first-order valence-corrected chi connectivity index (χ1v) is 5.17. The van der Waals surface area contributed by atoms with Crippen LogP contribution < -0.4 is 0 Å². The van der Waals surface area contributed by atoms with Gasteiger partial charge in [-0.3, -0.25) is 0 Å². The van der Waals surface area contributed by atoms with Gasteiger partial charge < -0.3 is 4.79 Å². The summed E-state index contributed by atoms with van der Waals surface area (Å²) in [5, 5.41) is 0. The Morgan fingerprint density at radius 3 is 2.42 bits per heavy atom. The molecule has 1 aliphatic carbocycles. The smallest absolute Gasteiger partial charge is 0.120 e. The van der Waals surface area contributed by atoms with Crippen LogP contribution in [0.4, 0.5) is 0 Å². The van der Waals surface area contributed by atoms with E-state index in [0.29, 0.717) is 5.92 Å². The van der Waals surface area contributed by atoms with Crippen molar-refractivity contribution in [3.05, 3.63) is 0 Å². The third-order valence-corrected chi connectivity index (χ3v) is 3.33. The van der Waals surface area contributed by atoms with Crippen molar-refractivity contribution in [2.24, 2.45) is 17.8 Å². The fourth-order valence-electron chi connectivity index (χ4n) is 2.20. The molecule has 0 aliphatic heterocycles. The number of carbonyl (C=O) groups is 1. The highest BCUT2D eigenvalue weighted by molar-refractivity contribution is 5.49. The Labute approximate surface area is 75.5 Å². The maximum absolute atomic E-state index is 10.3. The molecule has 0 aromatic heterocycles. The molecule has 1 fully saturated rings. The topological polar surface area (TPSA) is 17.1 Å². The minimum absolute atomic E-state index is 0.620. The molecule has 1 unspecified atom stereocenters. The van der Waals surface area contributed by atoms with Gasteiger partial charge in [-0.1, -0.05) is 26.7 Å². The van der Waals surface area contributed by atoms with Crippen molar-refractivity contribution in [2.75, 3.05) is 0 Å². The summed E-state index contributed by atoms with van der Waals surface area (Å²) < 4.78 is 0. The van der Waals surface area contributed by atoms with E-state index < -0.39 is 0 Å². The largest absolute Gasteiger partial charge is 0.303 e. The number of hydrogen-bond acceptors (Lipinski definition) is 1. The first-order valence-electron chi connectivity index (χ1n) is 5.17. The number of rotatable bonds is 3. The monoisotopic (exact) mass is 168 g/mol. The Kier molecular flexibility index (Phi) is 3.77. The lowest BCUT2D eigenvalue weighted by molar-refractivity contribution is -0.108. The number of aldehydes is 1. The maximum atomic E-state index is 10.3. The molecule has 0 saturated heterocycles. The molecule has 0 amide bonds. The second-order valence-corrected chi connectivity index (χ2v) is 4.40. The fraction of sp³-hybridized carbons (Fsp3) is 0.909. The quantitative estimate of drug-likeness (QED) is 0.592. The first kappa shape index (κ1) is 9.76. The molecule has 1 aliphatic rings. The summed E-state index contributed by atoms with van der Waals surface area (Å²) in [5.74, 6) is 2.37. The zero-order valence-corrected chi connectivity index (χ0v) is 8.25. The predicted molar refractivity (Wildman–Crippen MR) is 51.0 cm³/mol. The van der Waals surface area contributed by atoms with Crippen molar-refractivity contribution in [3.8, 4) is 0 Å². The van der Waals surface area contributed by atoms with Gasteiger partial charge in [0.1, 0.15) is 6.29 Å². The van der Waals surface area contributed by atoms with E-state index in [4.69, 9.17) is 0 Å². The van der Waals surface area contributed by atoms with Gasteiger partial charge in [0, 0.05) is 6.42 Å². The van der Waals surface area contributed by atoms with E-state index in [0.717, 1.165) is 24.5 Å². The molecule has 1 atom stereocenters. The highest BCUT2D eigenvalue weighted by Gasteiger charge is 2.22. The van der Waals surface area contributed by atoms with Crippen LogP contribution in [-0.2, 0) is 4.79 Å². The Morgan fingerprint density at radius 1 is 1.33 bits per heavy atom. The molecule has 0 heterocycles. The normalized spacial score (nSPS) is 32.8. The van der Waals surface area contributed by atoms with Gasteiger partial charge in [-0.2, -0.15) is 0 Å². The molecule has 12 heavy (non-hydrogen) atoms. The highest BCUT2D eigenvalue weighted by atomic mass is 16.1. The van der Waals surface area contributed by atoms with Crippen LogP contribution in [0.2, 0.25) is 0 Å². The van der Waals surface area contributed by atoms with E-state index in [9.17, 15) is 4.79 Å². The second-order valence-electron chi connectivity index (χ2n) is 4.40. The van der Waals surface area contributed by atoms with Crippen molar-refractivity contribution in [3.63, 3.8) is 0 Å². The zero-order valence-electron chi connectivity index (χ0n) is 8.25. The van der Waals surface area contributed by atoms with Crippen LogP contribution in [0.25, 0.3) is 0 Å². The van der Waals surface area contributed by atoms with Crippen LogP contribution in [0.15, 0.2) is 0 Å². The van der Waals surface area contributed by atoms with Crippen molar-refractivity contribution in [1.82, 2.24) is 0 Å². The van der Waals surface area contributed by atoms with Crippen molar-refractivity contribution >= 4 is 6.29 Å². The van der Waals surface area contributed by atoms with Gasteiger partial charge in [0.25, 0.3) is 0 Å². The third kappa shape index (κ3) is 2.62. The average molecular weight is 168 g/mol. The van der Waals surface area contributed by atoms with Gasteiger partial charge in [0.2, 0.25) is 0 Å². The Balaban J connectivity index is 2.28. The van der Waals surface area contributed by atoms with Crippen molar-refractivity contribution < 1.29 is 4.79 Å². The van der Waals surface area contributed by atoms with Crippen LogP contribution in [0.1, 0.15) is 46.0 Å². The minimum Gasteiger partial charge on any atom is -0.303 e. The number of carbonyl (C=O) groups excluding carboxylic acids is 1. The van der Waals surface area contributed by atoms with Crippen LogP contribution in [0, 0.1) is 17.8 Å². The summed E-state index contributed by atoms with van der Waals surface area (Å²) in [6.45, 7) is 4.55. The summed E-state index contributed by atoms with van der Waals surface area (Å²) in [5.41, 5.74) is 0. The predicted octanol–water partition coefficient (Wildman–Crippen LogP) is 3.04. The summed E-state index contributed by atoms with van der Waals surface area (Å²) in [4.78, 5) is 10.3. The SMILES string of the molecule is CC1CCC(C(C)CC=O)CC1.